The van der Waals surface area contributed by atoms with Gasteiger partial charge in [-0.25, -0.2) is 4.98 Å². The van der Waals surface area contributed by atoms with Crippen LogP contribution in [0.5, 0.6) is 0 Å². The summed E-state index contributed by atoms with van der Waals surface area (Å²) in [6, 6.07) is 0. The van der Waals surface area contributed by atoms with Crippen LogP contribution in [0.4, 0.5) is 0 Å². The summed E-state index contributed by atoms with van der Waals surface area (Å²) in [4.78, 5) is 36.2. The second kappa shape index (κ2) is 7.68. The molecule has 0 saturated carbocycles. The molecule has 5 nitrogen and oxygen atoms in total. The third kappa shape index (κ3) is 3.94. The Balaban J connectivity index is 1.75. The number of unbranched alkanes of at least 4 members (excludes halogenated alkanes) is 1. The van der Waals surface area contributed by atoms with Gasteiger partial charge >= 0.3 is 0 Å². The fraction of sp³-hybridized carbons (Fsp3) is 0.632. The van der Waals surface area contributed by atoms with Crippen molar-refractivity contribution >= 4 is 27.5 Å². The maximum atomic E-state index is 12.5. The molecule has 0 radical (unpaired) electrons. The lowest BCUT2D eigenvalue weighted by Crippen LogP contribution is -2.28. The first-order valence-corrected chi connectivity index (χ1v) is 10.1. The summed E-state index contributed by atoms with van der Waals surface area (Å²) in [5.41, 5.74) is 1.16. The highest BCUT2D eigenvalue weighted by molar-refractivity contribution is 7.18. The molecule has 0 fully saturated rings. The van der Waals surface area contributed by atoms with Crippen molar-refractivity contribution in [3.8, 4) is 0 Å². The fourth-order valence-electron chi connectivity index (χ4n) is 3.45. The summed E-state index contributed by atoms with van der Waals surface area (Å²) in [6.07, 6.45) is 6.12. The minimum atomic E-state index is -0.0427. The molecule has 0 bridgehead atoms. The first-order chi connectivity index (χ1) is 12.0. The van der Waals surface area contributed by atoms with Gasteiger partial charge in [0.1, 0.15) is 10.7 Å². The lowest BCUT2D eigenvalue weighted by Gasteiger charge is -2.17. The Morgan fingerprint density at radius 2 is 2.24 bits per heavy atom. The molecule has 1 aliphatic carbocycles. The van der Waals surface area contributed by atoms with Crippen LogP contribution in [0.1, 0.15) is 55.8 Å². The summed E-state index contributed by atoms with van der Waals surface area (Å²) in [7, 11) is 1.84. The molecule has 3 rings (SSSR count). The van der Waals surface area contributed by atoms with Gasteiger partial charge in [-0.15, -0.1) is 11.3 Å². The Kier molecular flexibility index (Phi) is 5.57. The molecule has 1 amide bonds. The number of thiophene rings is 1. The quantitative estimate of drug-likeness (QED) is 0.858. The van der Waals surface area contributed by atoms with Gasteiger partial charge in [0.15, 0.2) is 0 Å². The largest absolute Gasteiger partial charge is 0.346 e. The van der Waals surface area contributed by atoms with Crippen LogP contribution in [-0.2, 0) is 24.1 Å². The van der Waals surface area contributed by atoms with E-state index in [9.17, 15) is 9.59 Å². The van der Waals surface area contributed by atoms with E-state index in [0.29, 0.717) is 24.6 Å². The third-order valence-corrected chi connectivity index (χ3v) is 6.21. The Bertz CT molecular complexity index is 824. The highest BCUT2D eigenvalue weighted by Gasteiger charge is 2.23. The average Bonchev–Trinajstić information content (AvgIpc) is 2.95. The Morgan fingerprint density at radius 3 is 3.00 bits per heavy atom. The zero-order valence-electron chi connectivity index (χ0n) is 15.4. The van der Waals surface area contributed by atoms with E-state index in [1.54, 1.807) is 16.2 Å². The second-order valence-corrected chi connectivity index (χ2v) is 8.30. The monoisotopic (exact) mass is 361 g/mol. The van der Waals surface area contributed by atoms with Crippen molar-refractivity contribution in [1.82, 2.24) is 14.9 Å². The minimum Gasteiger partial charge on any atom is -0.346 e. The standard InChI is InChI=1S/C19H27N3O2S/c1-4-5-10-22(3)16(23)9-8-15-20-18(24)17-13-7-6-12(2)11-14(13)25-19(17)21-15/h12H,4-11H2,1-3H3,(H,20,21,24)/t12-/m1/s1. The van der Waals surface area contributed by atoms with Crippen LogP contribution in [0, 0.1) is 5.92 Å². The van der Waals surface area contributed by atoms with Crippen molar-refractivity contribution < 1.29 is 4.79 Å². The SMILES string of the molecule is CCCCN(C)C(=O)CCc1nc2sc3c(c2c(=O)[nH]1)CC[C@@H](C)C3. The summed E-state index contributed by atoms with van der Waals surface area (Å²) in [5.74, 6) is 1.41. The van der Waals surface area contributed by atoms with Gasteiger partial charge in [0.05, 0.1) is 5.39 Å². The predicted molar refractivity (Wildman–Crippen MR) is 102 cm³/mol. The highest BCUT2D eigenvalue weighted by Crippen LogP contribution is 2.35. The molecule has 25 heavy (non-hydrogen) atoms. The van der Waals surface area contributed by atoms with Crippen LogP contribution in [0.3, 0.4) is 0 Å². The molecular formula is C19H27N3O2S. The summed E-state index contributed by atoms with van der Waals surface area (Å²) in [5, 5.41) is 0.780. The summed E-state index contributed by atoms with van der Waals surface area (Å²) >= 11 is 1.66. The fourth-order valence-corrected chi connectivity index (χ4v) is 4.85. The first kappa shape index (κ1) is 18.1. The molecule has 0 unspecified atom stereocenters. The van der Waals surface area contributed by atoms with Gasteiger partial charge in [0.2, 0.25) is 5.91 Å². The number of nitrogens with zero attached hydrogens (tertiary/aromatic N) is 2. The van der Waals surface area contributed by atoms with E-state index in [4.69, 9.17) is 0 Å². The zero-order chi connectivity index (χ0) is 18.0. The van der Waals surface area contributed by atoms with Gasteiger partial charge in [-0.05, 0) is 37.2 Å². The minimum absolute atomic E-state index is 0.0427. The molecule has 0 aromatic carbocycles. The van der Waals surface area contributed by atoms with Crippen molar-refractivity contribution in [1.29, 1.82) is 0 Å². The number of aromatic nitrogens is 2. The maximum absolute atomic E-state index is 12.5. The number of amides is 1. The van der Waals surface area contributed by atoms with E-state index in [1.165, 1.54) is 10.4 Å². The molecule has 0 saturated heterocycles. The van der Waals surface area contributed by atoms with Crippen molar-refractivity contribution in [3.05, 3.63) is 26.6 Å². The number of hydrogen-bond acceptors (Lipinski definition) is 4. The molecule has 136 valence electrons. The van der Waals surface area contributed by atoms with Crippen molar-refractivity contribution in [2.75, 3.05) is 13.6 Å². The molecule has 2 aromatic heterocycles. The highest BCUT2D eigenvalue weighted by atomic mass is 32.1. The number of hydrogen-bond donors (Lipinski definition) is 1. The average molecular weight is 362 g/mol. The van der Waals surface area contributed by atoms with Gasteiger partial charge in [-0.1, -0.05) is 20.3 Å². The summed E-state index contributed by atoms with van der Waals surface area (Å²) in [6.45, 7) is 5.16. The molecule has 2 aromatic rings. The Morgan fingerprint density at radius 1 is 1.44 bits per heavy atom. The molecule has 1 N–H and O–H groups in total. The number of aromatic amines is 1. The van der Waals surface area contributed by atoms with E-state index in [2.05, 4.69) is 23.8 Å². The number of carbonyl (C=O) groups excluding carboxylic acids is 1. The van der Waals surface area contributed by atoms with Gasteiger partial charge in [0, 0.05) is 31.3 Å². The number of fused-ring (bicyclic) bond motifs is 3. The number of rotatable bonds is 6. The topological polar surface area (TPSA) is 66.1 Å². The van der Waals surface area contributed by atoms with Crippen LogP contribution in [-0.4, -0.2) is 34.4 Å². The van der Waals surface area contributed by atoms with E-state index in [0.717, 1.165) is 48.9 Å². The second-order valence-electron chi connectivity index (χ2n) is 7.21. The molecule has 0 aliphatic heterocycles. The van der Waals surface area contributed by atoms with Crippen LogP contribution in [0.25, 0.3) is 10.2 Å². The van der Waals surface area contributed by atoms with Crippen molar-refractivity contribution in [3.63, 3.8) is 0 Å². The van der Waals surface area contributed by atoms with E-state index >= 15 is 0 Å². The molecule has 1 atom stereocenters. The van der Waals surface area contributed by atoms with Gasteiger partial charge in [0.25, 0.3) is 5.56 Å². The smallest absolute Gasteiger partial charge is 0.259 e. The summed E-state index contributed by atoms with van der Waals surface area (Å²) < 4.78 is 0. The number of nitrogens with one attached hydrogen (secondary N) is 1. The van der Waals surface area contributed by atoms with Gasteiger partial charge < -0.3 is 9.88 Å². The third-order valence-electron chi connectivity index (χ3n) is 5.06. The van der Waals surface area contributed by atoms with Crippen LogP contribution < -0.4 is 5.56 Å². The van der Waals surface area contributed by atoms with Crippen molar-refractivity contribution in [2.45, 2.75) is 58.8 Å². The lowest BCUT2D eigenvalue weighted by molar-refractivity contribution is -0.129. The normalized spacial score (nSPS) is 16.8. The van der Waals surface area contributed by atoms with Crippen molar-refractivity contribution in [2.24, 2.45) is 5.92 Å². The molecule has 6 heteroatoms. The molecule has 2 heterocycles. The molecule has 1 aliphatic rings. The Labute approximate surface area is 152 Å². The van der Waals surface area contributed by atoms with Crippen LogP contribution >= 0.6 is 11.3 Å². The molecular weight excluding hydrogens is 334 g/mol. The zero-order valence-corrected chi connectivity index (χ0v) is 16.2. The van der Waals surface area contributed by atoms with Crippen LogP contribution in [0.2, 0.25) is 0 Å². The van der Waals surface area contributed by atoms with E-state index in [-0.39, 0.29) is 11.5 Å². The maximum Gasteiger partial charge on any atom is 0.259 e. The predicted octanol–water partition coefficient (Wildman–Crippen LogP) is 3.30. The number of aryl methyl sites for hydroxylation is 2. The molecule has 0 spiro atoms. The van der Waals surface area contributed by atoms with Crippen LogP contribution in [0.15, 0.2) is 4.79 Å². The van der Waals surface area contributed by atoms with Gasteiger partial charge in [-0.2, -0.15) is 0 Å². The number of carbonyl (C=O) groups is 1. The Hall–Kier alpha value is -1.69. The van der Waals surface area contributed by atoms with Gasteiger partial charge in [-0.3, -0.25) is 9.59 Å². The number of H-pyrrole nitrogens is 1. The first-order valence-electron chi connectivity index (χ1n) is 9.27. The van der Waals surface area contributed by atoms with E-state index in [1.807, 2.05) is 7.05 Å². The van der Waals surface area contributed by atoms with E-state index < -0.39 is 0 Å². The lowest BCUT2D eigenvalue weighted by atomic mass is 9.89.